The van der Waals surface area contributed by atoms with Gasteiger partial charge in [-0.2, -0.15) is 5.10 Å². The number of nitrogens with zero attached hydrogens (tertiary/aromatic N) is 3. The Morgan fingerprint density at radius 1 is 1.29 bits per heavy atom. The van der Waals surface area contributed by atoms with Gasteiger partial charge in [0.1, 0.15) is 0 Å². The van der Waals surface area contributed by atoms with Crippen LogP contribution < -0.4 is 5.56 Å². The van der Waals surface area contributed by atoms with Crippen LogP contribution in [0.15, 0.2) is 29.5 Å². The summed E-state index contributed by atoms with van der Waals surface area (Å²) >= 11 is 2.30. The van der Waals surface area contributed by atoms with Crippen molar-refractivity contribution in [3.05, 3.63) is 40.6 Å². The molecule has 1 aliphatic rings. The Hall–Kier alpha value is -1.11. The number of aromatic nitrogens is 3. The van der Waals surface area contributed by atoms with Crippen molar-refractivity contribution in [3.8, 4) is 11.1 Å². The summed E-state index contributed by atoms with van der Waals surface area (Å²) < 4.78 is 4.43. The third-order valence-corrected chi connectivity index (χ3v) is 5.07. The fourth-order valence-corrected chi connectivity index (χ4v) is 3.58. The standard InChI is InChI=1S/C16H20IN3O/c1-19-10-15(13-8-18-20(9-13)11-17)14(7-16(19)21)12-5-3-2-4-6-12/h7-10,12H,2-6,11H2,1H3. The molecule has 2 aromatic rings. The molecule has 0 atom stereocenters. The highest BCUT2D eigenvalue weighted by atomic mass is 127. The molecule has 0 bridgehead atoms. The van der Waals surface area contributed by atoms with E-state index < -0.39 is 0 Å². The van der Waals surface area contributed by atoms with E-state index in [1.807, 2.05) is 30.2 Å². The zero-order chi connectivity index (χ0) is 14.8. The van der Waals surface area contributed by atoms with E-state index in [9.17, 15) is 4.79 Å². The van der Waals surface area contributed by atoms with Crippen molar-refractivity contribution in [3.63, 3.8) is 0 Å². The van der Waals surface area contributed by atoms with Gasteiger partial charge in [-0.05, 0) is 24.3 Å². The van der Waals surface area contributed by atoms with Gasteiger partial charge in [0.2, 0.25) is 0 Å². The second-order valence-corrected chi connectivity index (χ2v) is 6.50. The first-order valence-corrected chi connectivity index (χ1v) is 9.01. The Kier molecular flexibility index (Phi) is 4.47. The summed E-state index contributed by atoms with van der Waals surface area (Å²) in [7, 11) is 1.82. The third kappa shape index (κ3) is 3.07. The van der Waals surface area contributed by atoms with Gasteiger partial charge in [0.15, 0.2) is 0 Å². The topological polar surface area (TPSA) is 39.8 Å². The molecule has 1 saturated carbocycles. The van der Waals surface area contributed by atoms with Gasteiger partial charge in [0.05, 0.1) is 10.7 Å². The highest BCUT2D eigenvalue weighted by Crippen LogP contribution is 2.37. The SMILES string of the molecule is Cn1cc(-c2cnn(CI)c2)c(C2CCCCC2)cc1=O. The molecule has 2 aromatic heterocycles. The van der Waals surface area contributed by atoms with Crippen LogP contribution in [0.5, 0.6) is 0 Å². The minimum atomic E-state index is 0.0839. The van der Waals surface area contributed by atoms with Crippen LogP contribution >= 0.6 is 22.6 Å². The Balaban J connectivity index is 2.08. The summed E-state index contributed by atoms with van der Waals surface area (Å²) in [5.41, 5.74) is 3.58. The van der Waals surface area contributed by atoms with Gasteiger partial charge in [-0.3, -0.25) is 9.48 Å². The number of pyridine rings is 1. The number of halogens is 1. The van der Waals surface area contributed by atoms with E-state index in [1.165, 1.54) is 43.2 Å². The Labute approximate surface area is 138 Å². The average Bonchev–Trinajstić information content (AvgIpc) is 2.99. The molecule has 0 spiro atoms. The summed E-state index contributed by atoms with van der Waals surface area (Å²) in [5, 5.41) is 4.37. The maximum Gasteiger partial charge on any atom is 0.250 e. The van der Waals surface area contributed by atoms with E-state index in [-0.39, 0.29) is 5.56 Å². The zero-order valence-electron chi connectivity index (χ0n) is 12.3. The number of alkyl halides is 1. The van der Waals surface area contributed by atoms with Crippen LogP contribution in [0.4, 0.5) is 0 Å². The minimum absolute atomic E-state index is 0.0839. The van der Waals surface area contributed by atoms with Gasteiger partial charge in [0, 0.05) is 36.6 Å². The van der Waals surface area contributed by atoms with Crippen molar-refractivity contribution in [2.45, 2.75) is 42.6 Å². The molecule has 5 heteroatoms. The largest absolute Gasteiger partial charge is 0.318 e. The molecule has 0 amide bonds. The highest BCUT2D eigenvalue weighted by Gasteiger charge is 2.20. The molecule has 4 nitrogen and oxygen atoms in total. The van der Waals surface area contributed by atoms with Crippen LogP contribution in [0.2, 0.25) is 0 Å². The third-order valence-electron chi connectivity index (χ3n) is 4.37. The predicted octanol–water partition coefficient (Wildman–Crippen LogP) is 3.69. The van der Waals surface area contributed by atoms with Crippen molar-refractivity contribution >= 4 is 22.6 Å². The molecule has 0 saturated heterocycles. The van der Waals surface area contributed by atoms with Gasteiger partial charge in [-0.15, -0.1) is 0 Å². The fourth-order valence-electron chi connectivity index (χ4n) is 3.20. The second kappa shape index (κ2) is 6.34. The summed E-state index contributed by atoms with van der Waals surface area (Å²) in [6, 6.07) is 1.84. The number of rotatable bonds is 3. The van der Waals surface area contributed by atoms with Gasteiger partial charge in [-0.25, -0.2) is 0 Å². The lowest BCUT2D eigenvalue weighted by molar-refractivity contribution is 0.443. The molecule has 112 valence electrons. The van der Waals surface area contributed by atoms with Crippen molar-refractivity contribution < 1.29 is 0 Å². The second-order valence-electron chi connectivity index (χ2n) is 5.81. The number of aryl methyl sites for hydroxylation is 1. The number of hydrogen-bond acceptors (Lipinski definition) is 2. The van der Waals surface area contributed by atoms with E-state index in [4.69, 9.17) is 0 Å². The lowest BCUT2D eigenvalue weighted by Crippen LogP contribution is -2.18. The van der Waals surface area contributed by atoms with Crippen LogP contribution in [-0.2, 0) is 11.6 Å². The van der Waals surface area contributed by atoms with Crippen LogP contribution in [0, 0.1) is 0 Å². The van der Waals surface area contributed by atoms with Gasteiger partial charge in [0.25, 0.3) is 5.56 Å². The van der Waals surface area contributed by atoms with E-state index >= 15 is 0 Å². The summed E-state index contributed by atoms with van der Waals surface area (Å²) in [6.07, 6.45) is 12.2. The summed E-state index contributed by atoms with van der Waals surface area (Å²) in [6.45, 7) is 0. The van der Waals surface area contributed by atoms with Crippen molar-refractivity contribution in [2.24, 2.45) is 7.05 Å². The molecule has 0 N–H and O–H groups in total. The van der Waals surface area contributed by atoms with Crippen LogP contribution in [0.25, 0.3) is 11.1 Å². The van der Waals surface area contributed by atoms with E-state index in [0.717, 1.165) is 10.1 Å². The van der Waals surface area contributed by atoms with Crippen LogP contribution in [-0.4, -0.2) is 14.3 Å². The lowest BCUT2D eigenvalue weighted by atomic mass is 9.82. The monoisotopic (exact) mass is 397 g/mol. The maximum absolute atomic E-state index is 12.1. The van der Waals surface area contributed by atoms with Crippen molar-refractivity contribution in [2.75, 3.05) is 0 Å². The maximum atomic E-state index is 12.1. The van der Waals surface area contributed by atoms with Crippen LogP contribution in [0.1, 0.15) is 43.6 Å². The molecule has 0 unspecified atom stereocenters. The highest BCUT2D eigenvalue weighted by molar-refractivity contribution is 14.1. The molecule has 1 aliphatic carbocycles. The van der Waals surface area contributed by atoms with Gasteiger partial charge >= 0.3 is 0 Å². The quantitative estimate of drug-likeness (QED) is 0.586. The lowest BCUT2D eigenvalue weighted by Gasteiger charge is -2.24. The van der Waals surface area contributed by atoms with Gasteiger partial charge in [-0.1, -0.05) is 41.9 Å². The van der Waals surface area contributed by atoms with E-state index in [2.05, 4.69) is 33.9 Å². The van der Waals surface area contributed by atoms with Gasteiger partial charge < -0.3 is 4.57 Å². The first-order chi connectivity index (χ1) is 10.2. The Morgan fingerprint density at radius 3 is 2.71 bits per heavy atom. The van der Waals surface area contributed by atoms with Crippen LogP contribution in [0.3, 0.4) is 0 Å². The fraction of sp³-hybridized carbons (Fsp3) is 0.500. The van der Waals surface area contributed by atoms with E-state index in [0.29, 0.717) is 5.92 Å². The normalized spacial score (nSPS) is 16.3. The molecule has 1 fully saturated rings. The minimum Gasteiger partial charge on any atom is -0.318 e. The zero-order valence-corrected chi connectivity index (χ0v) is 14.4. The summed E-state index contributed by atoms with van der Waals surface area (Å²) in [5.74, 6) is 0.519. The van der Waals surface area contributed by atoms with Crippen molar-refractivity contribution in [1.82, 2.24) is 14.3 Å². The summed E-state index contributed by atoms with van der Waals surface area (Å²) in [4.78, 5) is 12.1. The molecule has 0 radical (unpaired) electrons. The average molecular weight is 397 g/mol. The molecule has 3 rings (SSSR count). The first-order valence-electron chi connectivity index (χ1n) is 7.48. The Morgan fingerprint density at radius 2 is 2.05 bits per heavy atom. The Bertz CT molecular complexity index is 683. The smallest absolute Gasteiger partial charge is 0.250 e. The number of hydrogen-bond donors (Lipinski definition) is 0. The first kappa shape index (κ1) is 14.8. The molecule has 21 heavy (non-hydrogen) atoms. The predicted molar refractivity (Wildman–Crippen MR) is 92.8 cm³/mol. The van der Waals surface area contributed by atoms with E-state index in [1.54, 1.807) is 4.57 Å². The molecule has 2 heterocycles. The molecular weight excluding hydrogens is 377 g/mol. The van der Waals surface area contributed by atoms with Crippen molar-refractivity contribution in [1.29, 1.82) is 0 Å². The molecule has 0 aromatic carbocycles. The molecular formula is C16H20IN3O. The molecule has 0 aliphatic heterocycles.